The second-order valence-corrected chi connectivity index (χ2v) is 27.1. The lowest BCUT2D eigenvalue weighted by molar-refractivity contribution is -0.120. The molecule has 572 valence electrons. The second-order valence-electron chi connectivity index (χ2n) is 25.5. The molecule has 0 aliphatic carbocycles. The number of amides is 5. The lowest BCUT2D eigenvalue weighted by Gasteiger charge is -2.28. The molecule has 0 radical (unpaired) electrons. The van der Waals surface area contributed by atoms with Gasteiger partial charge in [0.1, 0.15) is 30.6 Å². The van der Waals surface area contributed by atoms with Crippen LogP contribution in [0.15, 0.2) is 256 Å². The van der Waals surface area contributed by atoms with Crippen LogP contribution >= 0.6 is 46.4 Å². The Hall–Kier alpha value is -14.1. The summed E-state index contributed by atoms with van der Waals surface area (Å²) in [6, 6.07) is 59.2. The van der Waals surface area contributed by atoms with Crippen molar-refractivity contribution in [2.75, 3.05) is 45.8 Å². The zero-order valence-corrected chi connectivity index (χ0v) is 65.0. The number of benzene rings is 4. The van der Waals surface area contributed by atoms with Crippen molar-refractivity contribution in [3.8, 4) is 62.5 Å². The van der Waals surface area contributed by atoms with Gasteiger partial charge < -0.3 is 31.5 Å². The average molecular weight is 1610 g/mol. The number of halogens is 4. The summed E-state index contributed by atoms with van der Waals surface area (Å²) in [7, 11) is 0. The highest BCUT2D eigenvalue weighted by Crippen LogP contribution is 2.34. The minimum absolute atomic E-state index is 0.0334. The molecule has 1 saturated heterocycles. The molecular formula is C84H68Cl4N22O5. The van der Waals surface area contributed by atoms with E-state index in [4.69, 9.17) is 46.4 Å². The summed E-state index contributed by atoms with van der Waals surface area (Å²) in [5.41, 5.74) is 12.7. The number of nitrogens with zero attached hydrogens (tertiary/aromatic N) is 17. The molecule has 115 heavy (non-hydrogen) atoms. The predicted molar refractivity (Wildman–Crippen MR) is 443 cm³/mol. The molecule has 5 N–H and O–H groups in total. The lowest BCUT2D eigenvalue weighted by atomic mass is 10.1. The largest absolute Gasteiger partial charge is 0.353 e. The van der Waals surface area contributed by atoms with Crippen LogP contribution in [-0.2, 0) is 4.79 Å². The number of hydrogen-bond acceptors (Lipinski definition) is 19. The number of hydrogen-bond donors (Lipinski definition) is 5. The van der Waals surface area contributed by atoms with E-state index >= 15 is 0 Å². The number of piperazine rings is 1. The Kier molecular flexibility index (Phi) is 25.3. The summed E-state index contributed by atoms with van der Waals surface area (Å²) in [5, 5.41) is 29.1. The van der Waals surface area contributed by atoms with Gasteiger partial charge in [-0.1, -0.05) is 70.7 Å². The number of nitrogens with one attached hydrogen (secondary N) is 5. The molecule has 4 aromatic carbocycles. The molecule has 1 aliphatic heterocycles. The number of anilines is 5. The lowest BCUT2D eigenvalue weighted by Crippen LogP contribution is -2.48. The van der Waals surface area contributed by atoms with Crippen LogP contribution in [0.25, 0.3) is 62.5 Å². The standard InChI is InChI=1S/C22H20ClN5O2.C21H17ClN6O.C21H16ClN5O.C20H15ClN6O/c1-14-16(6-8-20(26-14)28-11-10-25-21(29)13-28)22(30)27-15-5-7-18(23)17(12-15)19-4-2-3-9-24-19;1-13-16(7-9-20(25-13)28-12-24-14(2)27-28)21(29)26-15-6-8-18(22)17(11-15)19-5-3-4-10-23-19;1-14-16(7-9-20(25-14)27-12-4-11-24-27)21(28)26-15-6-8-18(22)17(13-15)19-5-2-3-10-23-19;1-13-15(6-8-19(25-13)27-12-22-11-24-27)20(28)26-14-5-7-17(21)16(10-14)18-4-2-3-9-23-18/h2-9,12H,10-11,13H2,1H3,(H,25,29)(H,27,30);3-12H,1-2H3,(H,26,29);2-13H,1H3,(H,26,28);2-12H,1H3,(H,26,28). The number of aryl methyl sites for hydroxylation is 5. The first-order chi connectivity index (χ1) is 55.7. The third kappa shape index (κ3) is 20.0. The van der Waals surface area contributed by atoms with Gasteiger partial charge in [0.05, 0.1) is 94.4 Å². The zero-order chi connectivity index (χ0) is 80.5. The van der Waals surface area contributed by atoms with Crippen molar-refractivity contribution in [3.05, 3.63) is 327 Å². The fourth-order valence-corrected chi connectivity index (χ4v) is 12.7. The Morgan fingerprint density at radius 3 is 1.06 bits per heavy atom. The SMILES string of the molecule is Cc1nc(-n2cccn2)ccc1C(=O)Nc1ccc(Cl)c(-c2ccccn2)c1.Cc1nc(-n2cncn2)ccc1C(=O)Nc1ccc(Cl)c(-c2ccccn2)c1.Cc1nc(N2CCNC(=O)C2)ccc1C(=O)Nc1ccc(Cl)c(-c2ccccn2)c1.Cc1ncn(-c2ccc(C(=O)Nc3ccc(Cl)c(-c4ccccn4)c3)c(C)n2)n1. The number of rotatable bonds is 16. The predicted octanol–water partition coefficient (Wildman–Crippen LogP) is 16.0. The Balaban J connectivity index is 0.000000134. The van der Waals surface area contributed by atoms with Gasteiger partial charge in [0, 0.05) is 95.3 Å². The highest BCUT2D eigenvalue weighted by Gasteiger charge is 2.22. The van der Waals surface area contributed by atoms with Crippen LogP contribution in [0.3, 0.4) is 0 Å². The topological polar surface area (TPSA) is 331 Å². The van der Waals surface area contributed by atoms with Gasteiger partial charge in [-0.3, -0.25) is 43.9 Å². The van der Waals surface area contributed by atoms with Crippen molar-refractivity contribution in [3.63, 3.8) is 0 Å². The maximum atomic E-state index is 12.8. The Morgan fingerprint density at radius 2 is 0.748 bits per heavy atom. The van der Waals surface area contributed by atoms with Crippen molar-refractivity contribution in [2.45, 2.75) is 34.6 Å². The molecular weight excluding hydrogens is 1540 g/mol. The van der Waals surface area contributed by atoms with E-state index in [9.17, 15) is 24.0 Å². The summed E-state index contributed by atoms with van der Waals surface area (Å²) in [5.74, 6) is 2.12. The molecule has 27 nitrogen and oxygen atoms in total. The van der Waals surface area contributed by atoms with Crippen molar-refractivity contribution >= 4 is 105 Å². The van der Waals surface area contributed by atoms with Crippen molar-refractivity contribution in [1.82, 2.24) is 84.5 Å². The molecule has 11 aromatic heterocycles. The first-order valence-corrected chi connectivity index (χ1v) is 37.0. The minimum atomic E-state index is -0.266. The highest BCUT2D eigenvalue weighted by atomic mass is 35.5. The van der Waals surface area contributed by atoms with Gasteiger partial charge >= 0.3 is 0 Å². The Labute approximate surface area is 679 Å². The molecule has 1 fully saturated rings. The minimum Gasteiger partial charge on any atom is -0.353 e. The molecule has 5 amide bonds. The molecule has 0 saturated carbocycles. The van der Waals surface area contributed by atoms with E-state index in [1.165, 1.54) is 11.0 Å². The molecule has 16 rings (SSSR count). The summed E-state index contributed by atoms with van der Waals surface area (Å²) >= 11 is 25.2. The second kappa shape index (κ2) is 36.8. The van der Waals surface area contributed by atoms with Gasteiger partial charge in [-0.2, -0.15) is 15.3 Å². The smallest absolute Gasteiger partial charge is 0.257 e. The first kappa shape index (κ1) is 79.0. The molecule has 0 bridgehead atoms. The molecule has 0 atom stereocenters. The van der Waals surface area contributed by atoms with E-state index in [0.717, 1.165) is 45.0 Å². The van der Waals surface area contributed by atoms with Crippen LogP contribution in [-0.4, -0.2) is 128 Å². The molecule has 1 aliphatic rings. The average Bonchev–Trinajstić information content (AvgIpc) is 1.18. The van der Waals surface area contributed by atoms with Crippen LogP contribution in [0.2, 0.25) is 20.1 Å². The Bertz CT molecular complexity index is 5830. The van der Waals surface area contributed by atoms with Gasteiger partial charge in [0.25, 0.3) is 23.6 Å². The highest BCUT2D eigenvalue weighted by molar-refractivity contribution is 6.35. The third-order valence-corrected chi connectivity index (χ3v) is 18.8. The fourth-order valence-electron chi connectivity index (χ4n) is 11.8. The summed E-state index contributed by atoms with van der Waals surface area (Å²) in [4.78, 5) is 108. The van der Waals surface area contributed by atoms with E-state index in [1.807, 2.05) is 89.8 Å². The van der Waals surface area contributed by atoms with Crippen LogP contribution in [0.5, 0.6) is 0 Å². The summed E-state index contributed by atoms with van der Waals surface area (Å²) in [6.45, 7) is 10.5. The number of aromatic nitrogens is 16. The van der Waals surface area contributed by atoms with E-state index in [-0.39, 0.29) is 36.1 Å². The molecule has 15 aromatic rings. The first-order valence-electron chi connectivity index (χ1n) is 35.5. The van der Waals surface area contributed by atoms with Gasteiger partial charge in [0.2, 0.25) is 5.91 Å². The monoisotopic (exact) mass is 1600 g/mol. The maximum absolute atomic E-state index is 12.8. The van der Waals surface area contributed by atoms with Crippen molar-refractivity contribution in [2.24, 2.45) is 0 Å². The van der Waals surface area contributed by atoms with E-state index < -0.39 is 0 Å². The number of pyridine rings is 8. The van der Waals surface area contributed by atoms with E-state index in [1.54, 1.807) is 209 Å². The third-order valence-electron chi connectivity index (χ3n) is 17.5. The number of carbonyl (C=O) groups is 5. The Morgan fingerprint density at radius 1 is 0.383 bits per heavy atom. The van der Waals surface area contributed by atoms with Crippen molar-refractivity contribution < 1.29 is 24.0 Å². The fraction of sp³-hybridized carbons (Fsp3) is 0.0952. The zero-order valence-electron chi connectivity index (χ0n) is 62.0. The molecule has 12 heterocycles. The van der Waals surface area contributed by atoms with E-state index in [2.05, 4.69) is 91.7 Å². The quantitative estimate of drug-likeness (QED) is 0.0600. The van der Waals surface area contributed by atoms with Gasteiger partial charge in [-0.25, -0.2) is 43.9 Å². The van der Waals surface area contributed by atoms with Crippen molar-refractivity contribution in [1.29, 1.82) is 0 Å². The van der Waals surface area contributed by atoms with Gasteiger partial charge in [0.15, 0.2) is 17.5 Å². The van der Waals surface area contributed by atoms with E-state index in [0.29, 0.717) is 130 Å². The molecule has 0 spiro atoms. The maximum Gasteiger partial charge on any atom is 0.257 e. The van der Waals surface area contributed by atoms with Crippen LogP contribution in [0, 0.1) is 34.6 Å². The summed E-state index contributed by atoms with van der Waals surface area (Å²) < 4.78 is 4.75. The normalized spacial score (nSPS) is 11.5. The summed E-state index contributed by atoms with van der Waals surface area (Å²) in [6.07, 6.45) is 14.8. The van der Waals surface area contributed by atoms with Crippen LogP contribution in [0.4, 0.5) is 28.6 Å². The molecule has 31 heteroatoms. The van der Waals surface area contributed by atoms with Crippen LogP contribution in [0.1, 0.15) is 70.0 Å². The van der Waals surface area contributed by atoms with Gasteiger partial charge in [-0.15, -0.1) is 0 Å². The van der Waals surface area contributed by atoms with Gasteiger partial charge in [-0.05, 0) is 211 Å². The van der Waals surface area contributed by atoms with Crippen LogP contribution < -0.4 is 31.5 Å². The molecule has 0 unspecified atom stereocenters. The number of carbonyl (C=O) groups excluding carboxylic acids is 5.